The Kier molecular flexibility index (Phi) is 8.89. The Morgan fingerprint density at radius 3 is 2.51 bits per heavy atom. The van der Waals surface area contributed by atoms with Crippen molar-refractivity contribution in [3.8, 4) is 0 Å². The first kappa shape index (κ1) is 29.5. The first-order valence-electron chi connectivity index (χ1n) is 11.5. The maximum atomic E-state index is 14.3. The zero-order valence-corrected chi connectivity index (χ0v) is 22.1. The fourth-order valence-electron chi connectivity index (χ4n) is 3.43. The molecule has 39 heavy (non-hydrogen) atoms. The Labute approximate surface area is 224 Å². The molecule has 1 aromatic heterocycles. The summed E-state index contributed by atoms with van der Waals surface area (Å²) in [5.41, 5.74) is -2.14. The van der Waals surface area contributed by atoms with Crippen molar-refractivity contribution in [1.82, 2.24) is 15.2 Å². The van der Waals surface area contributed by atoms with Crippen LogP contribution >= 0.6 is 11.3 Å². The van der Waals surface area contributed by atoms with Crippen LogP contribution < -0.4 is 10.6 Å². The number of rotatable bonds is 6. The number of aliphatic hydroxyl groups excluding tert-OH is 1. The largest absolute Gasteiger partial charge is 0.503 e. The normalized spacial score (nSPS) is 17.4. The van der Waals surface area contributed by atoms with Crippen molar-refractivity contribution in [2.24, 2.45) is 10.9 Å². The molecule has 0 spiro atoms. The lowest BCUT2D eigenvalue weighted by Crippen LogP contribution is -2.34. The van der Waals surface area contributed by atoms with Crippen LogP contribution in [0.25, 0.3) is 0 Å². The maximum Gasteiger partial charge on any atom is 0.416 e. The van der Waals surface area contributed by atoms with Crippen molar-refractivity contribution in [2.45, 2.75) is 32.5 Å². The molecule has 2 aromatic rings. The Morgan fingerprint density at radius 1 is 1.18 bits per heavy atom. The first-order chi connectivity index (χ1) is 18.2. The summed E-state index contributed by atoms with van der Waals surface area (Å²) in [5.74, 6) is -4.74. The molecule has 9 nitrogen and oxygen atoms in total. The molecule has 1 aliphatic heterocycles. The van der Waals surface area contributed by atoms with E-state index in [0.717, 1.165) is 22.3 Å². The second kappa shape index (κ2) is 11.8. The van der Waals surface area contributed by atoms with Gasteiger partial charge >= 0.3 is 6.18 Å². The molecule has 1 aliphatic rings. The highest BCUT2D eigenvalue weighted by Crippen LogP contribution is 2.33. The summed E-state index contributed by atoms with van der Waals surface area (Å²) in [4.78, 5) is 46.7. The van der Waals surface area contributed by atoms with Gasteiger partial charge in [0.05, 0.1) is 17.8 Å². The number of carbonyl (C=O) groups excluding carboxylic acids is 3. The maximum absolute atomic E-state index is 14.3. The van der Waals surface area contributed by atoms with Crippen LogP contribution in [0.5, 0.6) is 0 Å². The molecule has 2 heterocycles. The van der Waals surface area contributed by atoms with Gasteiger partial charge in [-0.25, -0.2) is 14.4 Å². The molecule has 0 bridgehead atoms. The van der Waals surface area contributed by atoms with E-state index in [0.29, 0.717) is 18.6 Å². The standard InChI is InChI=1S/C25H25F4N5O4S/c1-12-6-5-7-30-19(20(35)18(12)26)22(37)32-13(2)23-31-11-17(39-23)21(36)33-16-9-14(24(38)34(3)4)8-15(10-16)25(27,28)29/h5,7-13,35H,6H2,1-4H3,(H,32,37)(H,33,36)/b7-5+,20-18?,30-19?. The average molecular weight is 568 g/mol. The molecular weight excluding hydrogens is 542 g/mol. The smallest absolute Gasteiger partial charge is 0.416 e. The number of carbonyl (C=O) groups is 3. The summed E-state index contributed by atoms with van der Waals surface area (Å²) in [6.45, 7) is 3.07. The van der Waals surface area contributed by atoms with Crippen LogP contribution in [0.15, 0.2) is 53.3 Å². The lowest BCUT2D eigenvalue weighted by atomic mass is 10.0. The van der Waals surface area contributed by atoms with E-state index < -0.39 is 58.7 Å². The van der Waals surface area contributed by atoms with E-state index in [9.17, 15) is 37.1 Å². The minimum absolute atomic E-state index is 0.0119. The second-order valence-electron chi connectivity index (χ2n) is 8.90. The lowest BCUT2D eigenvalue weighted by Gasteiger charge is -2.15. The number of benzene rings is 1. The van der Waals surface area contributed by atoms with Gasteiger partial charge in [0.2, 0.25) is 0 Å². The number of aliphatic hydroxyl groups is 1. The summed E-state index contributed by atoms with van der Waals surface area (Å²) in [6.07, 6.45) is -0.442. The summed E-state index contributed by atoms with van der Waals surface area (Å²) in [6, 6.07) is 1.74. The number of anilines is 1. The summed E-state index contributed by atoms with van der Waals surface area (Å²) in [5, 5.41) is 15.3. The Bertz CT molecular complexity index is 1380. The number of aliphatic imine (C=N–C) groups is 1. The highest BCUT2D eigenvalue weighted by molar-refractivity contribution is 7.13. The van der Waals surface area contributed by atoms with Crippen molar-refractivity contribution in [3.63, 3.8) is 0 Å². The molecule has 0 saturated carbocycles. The minimum Gasteiger partial charge on any atom is -0.503 e. The van der Waals surface area contributed by atoms with E-state index in [1.54, 1.807) is 13.0 Å². The van der Waals surface area contributed by atoms with Gasteiger partial charge in [-0.2, -0.15) is 13.2 Å². The van der Waals surface area contributed by atoms with Crippen molar-refractivity contribution in [1.29, 1.82) is 0 Å². The predicted octanol–water partition coefficient (Wildman–Crippen LogP) is 5.03. The number of aromatic nitrogens is 1. The van der Waals surface area contributed by atoms with Gasteiger partial charge in [0, 0.05) is 37.5 Å². The minimum atomic E-state index is -4.76. The third-order valence-electron chi connectivity index (χ3n) is 5.53. The van der Waals surface area contributed by atoms with Crippen LogP contribution in [0.2, 0.25) is 0 Å². The molecule has 14 heteroatoms. The second-order valence-corrected chi connectivity index (χ2v) is 9.97. The van der Waals surface area contributed by atoms with Crippen LogP contribution in [0.4, 0.5) is 23.2 Å². The van der Waals surface area contributed by atoms with E-state index >= 15 is 0 Å². The summed E-state index contributed by atoms with van der Waals surface area (Å²) < 4.78 is 54.5. The zero-order chi connectivity index (χ0) is 29.1. The SMILES string of the molecule is CC1C/C=C/N=C(C(=O)NC(C)c2ncc(C(=O)Nc3cc(C(=O)N(C)C)cc(C(F)(F)F)c3)s2)C(O)=C1F. The first-order valence-corrected chi connectivity index (χ1v) is 12.3. The van der Waals surface area contributed by atoms with Gasteiger partial charge in [0.15, 0.2) is 11.5 Å². The molecule has 3 rings (SSSR count). The Hall–Kier alpha value is -4.07. The van der Waals surface area contributed by atoms with Crippen LogP contribution in [0, 0.1) is 5.92 Å². The molecule has 2 unspecified atom stereocenters. The number of halogens is 4. The zero-order valence-electron chi connectivity index (χ0n) is 21.3. The lowest BCUT2D eigenvalue weighted by molar-refractivity contribution is -0.137. The van der Waals surface area contributed by atoms with Crippen molar-refractivity contribution >= 4 is 40.5 Å². The number of hydrogen-bond donors (Lipinski definition) is 3. The van der Waals surface area contributed by atoms with E-state index in [4.69, 9.17) is 0 Å². The van der Waals surface area contributed by atoms with Gasteiger partial charge in [0.25, 0.3) is 17.7 Å². The summed E-state index contributed by atoms with van der Waals surface area (Å²) >= 11 is 0.854. The quantitative estimate of drug-likeness (QED) is 0.423. The van der Waals surface area contributed by atoms with Gasteiger partial charge in [0.1, 0.15) is 15.7 Å². The predicted molar refractivity (Wildman–Crippen MR) is 137 cm³/mol. The number of amides is 3. The molecule has 0 saturated heterocycles. The van der Waals surface area contributed by atoms with Crippen molar-refractivity contribution in [2.75, 3.05) is 19.4 Å². The van der Waals surface area contributed by atoms with Gasteiger partial charge in [-0.3, -0.25) is 14.4 Å². The van der Waals surface area contributed by atoms with E-state index in [1.807, 2.05) is 0 Å². The van der Waals surface area contributed by atoms with Crippen molar-refractivity contribution < 1.29 is 37.1 Å². The molecular formula is C25H25F4N5O4S. The summed E-state index contributed by atoms with van der Waals surface area (Å²) in [7, 11) is 2.77. The van der Waals surface area contributed by atoms with Crippen LogP contribution in [-0.2, 0) is 11.0 Å². The molecule has 1 aromatic carbocycles. The third-order valence-corrected chi connectivity index (χ3v) is 6.71. The molecule has 0 fully saturated rings. The average Bonchev–Trinajstić information content (AvgIpc) is 3.36. The highest BCUT2D eigenvalue weighted by atomic mass is 32.1. The molecule has 3 amide bonds. The number of thiazole rings is 1. The molecule has 2 atom stereocenters. The number of alkyl halides is 3. The van der Waals surface area contributed by atoms with Crippen LogP contribution in [0.3, 0.4) is 0 Å². The topological polar surface area (TPSA) is 124 Å². The molecule has 0 aliphatic carbocycles. The van der Waals surface area contributed by atoms with Crippen molar-refractivity contribution in [3.05, 3.63) is 69.3 Å². The monoisotopic (exact) mass is 567 g/mol. The van der Waals surface area contributed by atoms with Gasteiger partial charge in [-0.05, 0) is 31.5 Å². The van der Waals surface area contributed by atoms with Crippen LogP contribution in [0.1, 0.15) is 56.9 Å². The molecule has 3 N–H and O–H groups in total. The van der Waals surface area contributed by atoms with Gasteiger partial charge in [-0.1, -0.05) is 13.0 Å². The Morgan fingerprint density at radius 2 is 1.87 bits per heavy atom. The fourth-order valence-corrected chi connectivity index (χ4v) is 4.24. The van der Waals surface area contributed by atoms with E-state index in [2.05, 4.69) is 20.6 Å². The number of hydrogen-bond acceptors (Lipinski definition) is 7. The number of nitrogens with one attached hydrogen (secondary N) is 2. The number of nitrogens with zero attached hydrogens (tertiary/aromatic N) is 3. The van der Waals surface area contributed by atoms with Gasteiger partial charge < -0.3 is 20.6 Å². The highest BCUT2D eigenvalue weighted by Gasteiger charge is 2.32. The van der Waals surface area contributed by atoms with Crippen LogP contribution in [-0.4, -0.2) is 52.5 Å². The molecule has 208 valence electrons. The fraction of sp³-hybridized carbons (Fsp3) is 0.320. The molecule has 0 radical (unpaired) electrons. The third kappa shape index (κ3) is 7.07. The Balaban J connectivity index is 1.78. The van der Waals surface area contributed by atoms with E-state index in [1.165, 1.54) is 33.4 Å². The van der Waals surface area contributed by atoms with E-state index in [-0.39, 0.29) is 21.1 Å². The van der Waals surface area contributed by atoms with Gasteiger partial charge in [-0.15, -0.1) is 11.3 Å². The number of allylic oxidation sites excluding steroid dienone is 2.